The van der Waals surface area contributed by atoms with Gasteiger partial charge in [0.1, 0.15) is 0 Å². The number of ether oxygens (including phenoxy) is 1. The SMILES string of the molecule is COC(=O)Cc1ccccc1CN1CC2CCC1C2. The largest absolute Gasteiger partial charge is 0.469 e. The number of methoxy groups -OCH3 is 1. The molecule has 0 spiro atoms. The molecule has 19 heavy (non-hydrogen) atoms. The third-order valence-electron chi connectivity index (χ3n) is 4.58. The maximum atomic E-state index is 11.5. The van der Waals surface area contributed by atoms with Crippen LogP contribution in [0.4, 0.5) is 0 Å². The second-order valence-corrected chi connectivity index (χ2v) is 5.78. The molecule has 3 heteroatoms. The first-order valence-corrected chi connectivity index (χ1v) is 7.14. The van der Waals surface area contributed by atoms with E-state index in [-0.39, 0.29) is 5.97 Å². The van der Waals surface area contributed by atoms with Gasteiger partial charge in [0.15, 0.2) is 0 Å². The first kappa shape index (κ1) is 12.7. The lowest BCUT2D eigenvalue weighted by Crippen LogP contribution is -2.31. The van der Waals surface area contributed by atoms with E-state index in [1.807, 2.05) is 12.1 Å². The van der Waals surface area contributed by atoms with Gasteiger partial charge in [-0.15, -0.1) is 0 Å². The molecule has 3 rings (SSSR count). The molecule has 2 unspecified atom stereocenters. The van der Waals surface area contributed by atoms with Crippen molar-refractivity contribution in [2.24, 2.45) is 5.92 Å². The van der Waals surface area contributed by atoms with Crippen molar-refractivity contribution in [2.75, 3.05) is 13.7 Å². The molecule has 2 fully saturated rings. The molecule has 1 aliphatic carbocycles. The number of hydrogen-bond donors (Lipinski definition) is 0. The van der Waals surface area contributed by atoms with Crippen LogP contribution in [0.5, 0.6) is 0 Å². The quantitative estimate of drug-likeness (QED) is 0.778. The molecule has 3 nitrogen and oxygen atoms in total. The van der Waals surface area contributed by atoms with E-state index in [4.69, 9.17) is 4.74 Å². The number of likely N-dealkylation sites (tertiary alicyclic amines) is 1. The number of benzene rings is 1. The van der Waals surface area contributed by atoms with Gasteiger partial charge in [-0.05, 0) is 36.3 Å². The second kappa shape index (κ2) is 5.33. The molecule has 2 aliphatic rings. The standard InChI is InChI=1S/C16H21NO2/c1-19-16(18)9-13-4-2-3-5-14(13)11-17-10-12-6-7-15(17)8-12/h2-5,12,15H,6-11H2,1H3. The molecule has 1 aromatic carbocycles. The number of nitrogens with zero attached hydrogens (tertiary/aromatic N) is 1. The third-order valence-corrected chi connectivity index (χ3v) is 4.58. The number of esters is 1. The average molecular weight is 259 g/mol. The average Bonchev–Trinajstić information content (AvgIpc) is 3.03. The molecule has 102 valence electrons. The second-order valence-electron chi connectivity index (χ2n) is 5.78. The Bertz CT molecular complexity index is 472. The lowest BCUT2D eigenvalue weighted by atomic mass is 10.0. The summed E-state index contributed by atoms with van der Waals surface area (Å²) in [6, 6.07) is 9.02. The van der Waals surface area contributed by atoms with Crippen molar-refractivity contribution >= 4 is 5.97 Å². The Morgan fingerprint density at radius 1 is 1.32 bits per heavy atom. The summed E-state index contributed by atoms with van der Waals surface area (Å²) in [6.07, 6.45) is 4.52. The topological polar surface area (TPSA) is 29.5 Å². The molecule has 1 aromatic rings. The summed E-state index contributed by atoms with van der Waals surface area (Å²) in [5.74, 6) is 0.758. The van der Waals surface area contributed by atoms with Crippen LogP contribution in [0.2, 0.25) is 0 Å². The molecule has 0 radical (unpaired) electrons. The molecule has 1 heterocycles. The van der Waals surface area contributed by atoms with Crippen molar-refractivity contribution in [1.29, 1.82) is 0 Å². The van der Waals surface area contributed by atoms with Crippen molar-refractivity contribution < 1.29 is 9.53 Å². The van der Waals surface area contributed by atoms with Crippen LogP contribution in [0.3, 0.4) is 0 Å². The minimum Gasteiger partial charge on any atom is -0.469 e. The van der Waals surface area contributed by atoms with Gasteiger partial charge in [-0.1, -0.05) is 24.3 Å². The van der Waals surface area contributed by atoms with Crippen molar-refractivity contribution in [3.63, 3.8) is 0 Å². The van der Waals surface area contributed by atoms with Crippen LogP contribution in [0.25, 0.3) is 0 Å². The van der Waals surface area contributed by atoms with E-state index in [1.165, 1.54) is 38.5 Å². The zero-order valence-electron chi connectivity index (χ0n) is 11.5. The monoisotopic (exact) mass is 259 g/mol. The summed E-state index contributed by atoms with van der Waals surface area (Å²) >= 11 is 0. The summed E-state index contributed by atoms with van der Waals surface area (Å²) in [5, 5.41) is 0. The molecular weight excluding hydrogens is 238 g/mol. The van der Waals surface area contributed by atoms with E-state index < -0.39 is 0 Å². The van der Waals surface area contributed by atoms with Gasteiger partial charge in [-0.25, -0.2) is 0 Å². The van der Waals surface area contributed by atoms with Crippen LogP contribution >= 0.6 is 0 Å². The number of hydrogen-bond acceptors (Lipinski definition) is 3. The predicted octanol–water partition coefficient (Wildman–Crippen LogP) is 2.39. The summed E-state index contributed by atoms with van der Waals surface area (Å²) < 4.78 is 4.78. The Labute approximate surface area is 114 Å². The first-order chi connectivity index (χ1) is 9.26. The van der Waals surface area contributed by atoms with E-state index in [1.54, 1.807) is 0 Å². The predicted molar refractivity (Wildman–Crippen MR) is 73.7 cm³/mol. The fraction of sp³-hybridized carbons (Fsp3) is 0.562. The zero-order chi connectivity index (χ0) is 13.2. The summed E-state index contributed by atoms with van der Waals surface area (Å²) in [5.41, 5.74) is 2.39. The van der Waals surface area contributed by atoms with Gasteiger partial charge in [0.2, 0.25) is 0 Å². The molecule has 0 amide bonds. The number of fused-ring (bicyclic) bond motifs is 2. The number of piperidine rings is 1. The first-order valence-electron chi connectivity index (χ1n) is 7.14. The Morgan fingerprint density at radius 2 is 2.11 bits per heavy atom. The van der Waals surface area contributed by atoms with Gasteiger partial charge in [0.25, 0.3) is 0 Å². The molecule has 2 bridgehead atoms. The van der Waals surface area contributed by atoms with Crippen LogP contribution in [0, 0.1) is 5.92 Å². The highest BCUT2D eigenvalue weighted by atomic mass is 16.5. The van der Waals surface area contributed by atoms with Crippen LogP contribution in [-0.4, -0.2) is 30.6 Å². The van der Waals surface area contributed by atoms with E-state index in [9.17, 15) is 4.79 Å². The fourth-order valence-corrected chi connectivity index (χ4v) is 3.55. The highest BCUT2D eigenvalue weighted by Gasteiger charge is 2.37. The maximum absolute atomic E-state index is 11.5. The van der Waals surface area contributed by atoms with E-state index >= 15 is 0 Å². The highest BCUT2D eigenvalue weighted by Crippen LogP contribution is 2.38. The van der Waals surface area contributed by atoms with Crippen LogP contribution < -0.4 is 0 Å². The minimum atomic E-state index is -0.157. The molecule has 0 aromatic heterocycles. The van der Waals surface area contributed by atoms with Crippen LogP contribution in [0.15, 0.2) is 24.3 Å². The Balaban J connectivity index is 1.71. The third kappa shape index (κ3) is 2.66. The van der Waals surface area contributed by atoms with Gasteiger partial charge in [0.05, 0.1) is 13.5 Å². The highest BCUT2D eigenvalue weighted by molar-refractivity contribution is 5.72. The van der Waals surface area contributed by atoms with Gasteiger partial charge in [-0.2, -0.15) is 0 Å². The minimum absolute atomic E-state index is 0.157. The van der Waals surface area contributed by atoms with Crippen molar-refractivity contribution in [3.8, 4) is 0 Å². The summed E-state index contributed by atoms with van der Waals surface area (Å²) in [7, 11) is 1.45. The van der Waals surface area contributed by atoms with E-state index in [0.717, 1.165) is 24.1 Å². The van der Waals surface area contributed by atoms with Gasteiger partial charge >= 0.3 is 5.97 Å². The normalized spacial score (nSPS) is 25.7. The molecular formula is C16H21NO2. The number of carbonyl (C=O) groups is 1. The van der Waals surface area contributed by atoms with Crippen LogP contribution in [0.1, 0.15) is 30.4 Å². The Morgan fingerprint density at radius 3 is 2.74 bits per heavy atom. The fourth-order valence-electron chi connectivity index (χ4n) is 3.55. The van der Waals surface area contributed by atoms with E-state index in [0.29, 0.717) is 6.42 Å². The lowest BCUT2D eigenvalue weighted by Gasteiger charge is -2.27. The van der Waals surface area contributed by atoms with Crippen molar-refractivity contribution in [2.45, 2.75) is 38.3 Å². The van der Waals surface area contributed by atoms with Gasteiger partial charge in [0, 0.05) is 19.1 Å². The summed E-state index contributed by atoms with van der Waals surface area (Å²) in [4.78, 5) is 14.0. The molecule has 1 saturated heterocycles. The van der Waals surface area contributed by atoms with Crippen molar-refractivity contribution in [3.05, 3.63) is 35.4 Å². The molecule has 1 saturated carbocycles. The maximum Gasteiger partial charge on any atom is 0.309 e. The summed E-state index contributed by atoms with van der Waals surface area (Å²) in [6.45, 7) is 2.21. The Hall–Kier alpha value is -1.35. The smallest absolute Gasteiger partial charge is 0.309 e. The lowest BCUT2D eigenvalue weighted by molar-refractivity contribution is -0.139. The molecule has 2 atom stereocenters. The number of carbonyl (C=O) groups excluding carboxylic acids is 1. The van der Waals surface area contributed by atoms with Gasteiger partial charge in [-0.3, -0.25) is 9.69 Å². The van der Waals surface area contributed by atoms with Crippen LogP contribution in [-0.2, 0) is 22.5 Å². The number of rotatable bonds is 4. The molecule has 1 aliphatic heterocycles. The van der Waals surface area contributed by atoms with Crippen molar-refractivity contribution in [1.82, 2.24) is 4.90 Å². The van der Waals surface area contributed by atoms with E-state index in [2.05, 4.69) is 17.0 Å². The van der Waals surface area contributed by atoms with Gasteiger partial charge < -0.3 is 4.74 Å². The Kier molecular flexibility index (Phi) is 3.56. The molecule has 0 N–H and O–H groups in total. The zero-order valence-corrected chi connectivity index (χ0v) is 11.5.